The molecule has 656 valence electrons. The van der Waals surface area contributed by atoms with Crippen LogP contribution >= 0.6 is 0 Å². The summed E-state index contributed by atoms with van der Waals surface area (Å²) in [6.45, 7) is 47.7. The molecule has 2 amide bonds. The zero-order valence-corrected chi connectivity index (χ0v) is 76.4. The first-order chi connectivity index (χ1) is 58.2. The molecule has 125 heavy (non-hydrogen) atoms. The molecule has 10 N–H and O–H groups in total. The first-order valence-corrected chi connectivity index (χ1v) is 43.1. The van der Waals surface area contributed by atoms with E-state index in [4.69, 9.17) is 25.5 Å². The number of aromatic nitrogens is 3. The molecular formula is C105H124N8O12. The van der Waals surface area contributed by atoms with Crippen LogP contribution in [0.4, 0.5) is 45.9 Å². The van der Waals surface area contributed by atoms with Crippen LogP contribution in [0.25, 0.3) is 0 Å². The van der Waals surface area contributed by atoms with E-state index in [9.17, 15) is 33.6 Å². The van der Waals surface area contributed by atoms with Crippen molar-refractivity contribution >= 4 is 87.6 Å². The summed E-state index contributed by atoms with van der Waals surface area (Å²) >= 11 is 0. The minimum absolute atomic E-state index is 0.0706. The van der Waals surface area contributed by atoms with Gasteiger partial charge in [-0.15, -0.1) is 0 Å². The third kappa shape index (κ3) is 21.7. The predicted molar refractivity (Wildman–Crippen MR) is 500 cm³/mol. The lowest BCUT2D eigenvalue weighted by Crippen LogP contribution is -2.34. The van der Waals surface area contributed by atoms with E-state index in [1.807, 2.05) is 19.1 Å². The number of hydrogen-bond donors (Lipinski definition) is 10. The number of rotatable bonds is 15. The highest BCUT2D eigenvalue weighted by atomic mass is 16.4. The largest absolute Gasteiger partial charge is 0.478 e. The molecule has 2 heterocycles. The van der Waals surface area contributed by atoms with Gasteiger partial charge in [-0.2, -0.15) is 0 Å². The van der Waals surface area contributed by atoms with Crippen molar-refractivity contribution in [3.05, 3.63) is 289 Å². The molecule has 5 aliphatic rings. The van der Waals surface area contributed by atoms with Crippen LogP contribution in [-0.2, 0) is 54.1 Å². The van der Waals surface area contributed by atoms with Gasteiger partial charge >= 0.3 is 29.8 Å². The second-order valence-electron chi connectivity index (χ2n) is 40.9. The van der Waals surface area contributed by atoms with Crippen molar-refractivity contribution in [1.82, 2.24) is 15.0 Å². The monoisotopic (exact) mass is 1690 g/mol. The first-order valence-electron chi connectivity index (χ1n) is 43.1. The summed E-state index contributed by atoms with van der Waals surface area (Å²) in [5, 5.41) is 60.6. The molecule has 0 unspecified atom stereocenters. The number of aryl methyl sites for hydroxylation is 1. The number of pyridine rings is 1. The smallest absolute Gasteiger partial charge is 0.338 e. The lowest BCUT2D eigenvalue weighted by molar-refractivity contribution is 0.0685. The van der Waals surface area contributed by atoms with Crippen LogP contribution in [0.1, 0.15) is 336 Å². The molecule has 0 radical (unpaired) electrons. The number of fused-ring (bicyclic) bond motifs is 5. The maximum atomic E-state index is 12.6. The zero-order chi connectivity index (χ0) is 91.7. The molecule has 15 rings (SSSR count). The molecule has 2 aromatic heterocycles. The average Bonchev–Trinajstić information content (AvgIpc) is 0.777. The summed E-state index contributed by atoms with van der Waals surface area (Å²) < 4.78 is 0. The van der Waals surface area contributed by atoms with E-state index in [1.165, 1.54) is 143 Å². The molecule has 0 atom stereocenters. The molecule has 20 heteroatoms. The van der Waals surface area contributed by atoms with E-state index in [0.717, 1.165) is 71.8 Å². The molecule has 0 saturated carbocycles. The number of carbonyl (C=O) groups is 7. The van der Waals surface area contributed by atoms with Crippen LogP contribution in [0.3, 0.4) is 0 Å². The Morgan fingerprint density at radius 2 is 0.504 bits per heavy atom. The van der Waals surface area contributed by atoms with Crippen LogP contribution in [0.5, 0.6) is 0 Å². The first kappa shape index (κ1) is 93.4. The Bertz CT molecular complexity index is 5420. The van der Waals surface area contributed by atoms with Gasteiger partial charge in [0.05, 0.1) is 27.8 Å². The van der Waals surface area contributed by atoms with Crippen molar-refractivity contribution in [3.8, 4) is 0 Å². The number of carboxylic acids is 5. The van der Waals surface area contributed by atoms with Gasteiger partial charge in [-0.3, -0.25) is 9.59 Å². The maximum Gasteiger partial charge on any atom is 0.338 e. The normalized spacial score (nSPS) is 17.5. The van der Waals surface area contributed by atoms with E-state index >= 15 is 0 Å². The van der Waals surface area contributed by atoms with Gasteiger partial charge in [0.2, 0.25) is 5.95 Å². The van der Waals surface area contributed by atoms with Crippen LogP contribution in [-0.4, -0.2) is 82.1 Å². The van der Waals surface area contributed by atoms with E-state index in [-0.39, 0.29) is 88.2 Å². The molecule has 0 saturated heterocycles. The third-order valence-electron chi connectivity index (χ3n) is 26.8. The summed E-state index contributed by atoms with van der Waals surface area (Å²) in [7, 11) is 0. The number of nitrogens with zero attached hydrogens (tertiary/aromatic N) is 3. The quantitative estimate of drug-likeness (QED) is 0.0456. The van der Waals surface area contributed by atoms with Crippen molar-refractivity contribution < 1.29 is 59.1 Å². The topological polar surface area (TPSA) is 319 Å². The SMILES string of the molecule is CC1(C)CCC(C)(C)c2cc(NC(=O)c3ccc(C(=O)O)cc3)ccc21.CC1(C)CCC(C)(C)c2cc(Nc3ccc(C(=O)O)cc3)ccc21.CC1(C)CCC(C)(C)c2cc(Nc3ccc(C(=O)O)cn3)ccc21.CC1(C)CCC(C)(C)c2cc(Nc3ncc(C(=O)O)cn3)ccc21.Cc1cc2c(cc1NC(=O)c1ccc(C(=O)O)cc1)C(C)(C)CCC2(C)C. The van der Waals surface area contributed by atoms with Crippen molar-refractivity contribution in [2.75, 3.05) is 26.6 Å². The van der Waals surface area contributed by atoms with Crippen molar-refractivity contribution in [3.63, 3.8) is 0 Å². The van der Waals surface area contributed by atoms with E-state index in [0.29, 0.717) is 28.5 Å². The standard InChI is InChI=1S/C23H27NO3.C22H25NO3.C21H25NO2.C20H24N2O2.C19H23N3O2/c1-14-12-17-18(23(4,5)11-10-22(17,2)3)13-19(14)24-20(25)15-6-8-16(9-7-15)21(26)27;1-21(2)11-12-22(3,4)18-13-16(9-10-17(18)21)23-19(24)14-5-7-15(8-6-14)20(25)26;1-20(2)11-12-21(3,4)18-13-16(9-10-17(18)20)22-15-7-5-14(6-8-15)19(23)24;1-19(2)9-10-20(3,4)16-11-14(6-7-15(16)19)22-17-8-5-13(12-21-17)18(23)24;1-18(2)7-8-19(3,4)15-9-13(5-6-14(15)18)22-17-20-10-12(11-21-17)16(23)24/h6-9,12-13H,10-11H2,1-5H3,(H,24,25)(H,26,27);5-10,13H,11-12H2,1-4H3,(H,23,24)(H,25,26);5-10,13,22H,11-12H2,1-4H3,(H,23,24);5-8,11-12H,9-10H2,1-4H3,(H,21,22)(H,23,24);5-6,9-11H,7-8H2,1-4H3,(H,23,24)(H,20,21,22). The van der Waals surface area contributed by atoms with Crippen molar-refractivity contribution in [2.24, 2.45) is 0 Å². The molecular weight excluding hydrogens is 1570 g/mol. The minimum Gasteiger partial charge on any atom is -0.478 e. The fraction of sp³-hybridized carbons (Fsp3) is 0.390. The average molecular weight is 1690 g/mol. The maximum absolute atomic E-state index is 12.6. The Kier molecular flexibility index (Phi) is 26.7. The molecule has 20 nitrogen and oxygen atoms in total. The Balaban J connectivity index is 0.000000152. The number of benzene rings is 8. The number of anilines is 8. The fourth-order valence-electron chi connectivity index (χ4n) is 17.7. The number of carboxylic acid groups (broad SMARTS) is 5. The number of nitrogens with one attached hydrogen (secondary N) is 5. The van der Waals surface area contributed by atoms with Gasteiger partial charge in [-0.1, -0.05) is 169 Å². The van der Waals surface area contributed by atoms with Gasteiger partial charge < -0.3 is 52.1 Å². The number of amides is 2. The number of carbonyl (C=O) groups excluding carboxylic acids is 2. The van der Waals surface area contributed by atoms with Gasteiger partial charge in [-0.25, -0.2) is 38.9 Å². The van der Waals surface area contributed by atoms with E-state index in [2.05, 4.69) is 253 Å². The predicted octanol–water partition coefficient (Wildman–Crippen LogP) is 24.9. The van der Waals surface area contributed by atoms with Gasteiger partial charge in [-0.05, 0) is 326 Å². The summed E-state index contributed by atoms with van der Waals surface area (Å²) in [4.78, 5) is 92.1. The summed E-state index contributed by atoms with van der Waals surface area (Å²) in [6, 6.07) is 52.0. The Labute approximate surface area is 736 Å². The molecule has 5 aliphatic carbocycles. The fourth-order valence-corrected chi connectivity index (χ4v) is 17.7. The van der Waals surface area contributed by atoms with E-state index in [1.54, 1.807) is 48.5 Å². The van der Waals surface area contributed by atoms with Crippen LogP contribution in [0, 0.1) is 6.92 Å². The number of aromatic carboxylic acids is 5. The lowest BCUT2D eigenvalue weighted by Gasteiger charge is -2.42. The molecule has 0 spiro atoms. The van der Waals surface area contributed by atoms with Gasteiger partial charge in [0.15, 0.2) is 0 Å². The van der Waals surface area contributed by atoms with Crippen LogP contribution in [0.15, 0.2) is 188 Å². The van der Waals surface area contributed by atoms with Crippen molar-refractivity contribution in [1.29, 1.82) is 0 Å². The van der Waals surface area contributed by atoms with Gasteiger partial charge in [0, 0.05) is 63.8 Å². The second kappa shape index (κ2) is 35.7. The Morgan fingerprint density at radius 1 is 0.248 bits per heavy atom. The molecule has 0 aliphatic heterocycles. The van der Waals surface area contributed by atoms with Crippen LogP contribution in [0.2, 0.25) is 0 Å². The summed E-state index contributed by atoms with van der Waals surface area (Å²) in [5.41, 5.74) is 23.4. The van der Waals surface area contributed by atoms with Gasteiger partial charge in [0.25, 0.3) is 11.8 Å². The molecule has 8 aromatic carbocycles. The zero-order valence-electron chi connectivity index (χ0n) is 76.4. The lowest BCUT2D eigenvalue weighted by atomic mass is 9.63. The Morgan fingerprint density at radius 3 is 0.840 bits per heavy atom. The molecule has 0 fully saturated rings. The summed E-state index contributed by atoms with van der Waals surface area (Å²) in [6.07, 6.45) is 15.6. The number of hydrogen-bond acceptors (Lipinski definition) is 13. The minimum atomic E-state index is -1.03. The second-order valence-corrected chi connectivity index (χ2v) is 40.9. The molecule has 10 aromatic rings. The van der Waals surface area contributed by atoms with Crippen LogP contribution < -0.4 is 26.6 Å². The third-order valence-corrected chi connectivity index (χ3v) is 26.8. The highest BCUT2D eigenvalue weighted by Crippen LogP contribution is 2.52. The molecule has 0 bridgehead atoms. The Hall–Kier alpha value is -12.3. The summed E-state index contributed by atoms with van der Waals surface area (Å²) in [5.74, 6) is -4.34. The highest BCUT2D eigenvalue weighted by molar-refractivity contribution is 6.06. The van der Waals surface area contributed by atoms with Gasteiger partial charge in [0.1, 0.15) is 5.82 Å². The van der Waals surface area contributed by atoms with E-state index < -0.39 is 29.8 Å². The van der Waals surface area contributed by atoms with Crippen molar-refractivity contribution in [2.45, 2.75) is 264 Å². The highest BCUT2D eigenvalue weighted by Gasteiger charge is 2.43.